The second-order valence-corrected chi connectivity index (χ2v) is 11.9. The monoisotopic (exact) mass is 621 g/mol. The van der Waals surface area contributed by atoms with Gasteiger partial charge in [-0.25, -0.2) is 14.5 Å². The summed E-state index contributed by atoms with van der Waals surface area (Å²) in [5.74, 6) is -3.39. The van der Waals surface area contributed by atoms with Gasteiger partial charge in [-0.3, -0.25) is 19.3 Å². The zero-order valence-electron chi connectivity index (χ0n) is 21.1. The molecule has 0 spiro atoms. The number of nitrogens with one attached hydrogen (secondary N) is 1. The maximum absolute atomic E-state index is 13.3. The number of carbonyl (C=O) groups excluding carboxylic acids is 2. The molecule has 2 amide bonds. The number of rotatable bonds is 11. The lowest BCUT2D eigenvalue weighted by molar-refractivity contribution is -0.150. The molecular weight excluding hydrogens is 598 g/mol. The molecular formula is C22H23N9O7S3. The summed E-state index contributed by atoms with van der Waals surface area (Å²) in [5.41, 5.74) is 6.04. The maximum atomic E-state index is 13.3. The molecule has 16 nitrogen and oxygen atoms in total. The van der Waals surface area contributed by atoms with E-state index in [0.717, 1.165) is 51.9 Å². The Morgan fingerprint density at radius 2 is 2.15 bits per heavy atom. The number of aromatic nitrogens is 5. The molecule has 0 aromatic carbocycles. The lowest BCUT2D eigenvalue weighted by Gasteiger charge is -2.49. The normalized spacial score (nSPS) is 22.2. The smallest absolute Gasteiger partial charge is 0.352 e. The minimum absolute atomic E-state index is 0.108. The van der Waals surface area contributed by atoms with Gasteiger partial charge in [0.15, 0.2) is 10.8 Å². The number of nitrogens with zero attached hydrogens (tertiary/aromatic N) is 7. The summed E-state index contributed by atoms with van der Waals surface area (Å²) in [6, 6.07) is -1.00. The van der Waals surface area contributed by atoms with Crippen molar-refractivity contribution in [3.63, 3.8) is 0 Å². The van der Waals surface area contributed by atoms with Gasteiger partial charge in [0, 0.05) is 16.9 Å². The molecule has 1 saturated heterocycles. The Kier molecular flexibility index (Phi) is 8.54. The van der Waals surface area contributed by atoms with Crippen LogP contribution in [0.4, 0.5) is 5.13 Å². The van der Waals surface area contributed by atoms with Crippen molar-refractivity contribution in [3.8, 4) is 0 Å². The number of nitrogen functional groups attached to an aromatic ring is 1. The van der Waals surface area contributed by atoms with Gasteiger partial charge in [-0.15, -0.1) is 28.2 Å². The number of fused-ring (bicyclic) bond motifs is 1. The molecule has 1 aliphatic carbocycles. The summed E-state index contributed by atoms with van der Waals surface area (Å²) in [4.78, 5) is 60.5. The number of tetrazole rings is 1. The van der Waals surface area contributed by atoms with Crippen LogP contribution in [0.2, 0.25) is 0 Å². The predicted octanol–water partition coefficient (Wildman–Crippen LogP) is 0.157. The molecule has 2 aromatic heterocycles. The third-order valence-corrected chi connectivity index (χ3v) is 9.22. The minimum atomic E-state index is -1.30. The Balaban J connectivity index is 1.29. The number of oxime groups is 1. The van der Waals surface area contributed by atoms with Gasteiger partial charge in [0.1, 0.15) is 35.5 Å². The molecule has 5 rings (SSSR count). The third kappa shape index (κ3) is 6.20. The first kappa shape index (κ1) is 28.6. The van der Waals surface area contributed by atoms with Gasteiger partial charge in [0.25, 0.3) is 11.8 Å². The molecule has 0 radical (unpaired) electrons. The van der Waals surface area contributed by atoms with Crippen LogP contribution in [0.25, 0.3) is 0 Å². The van der Waals surface area contributed by atoms with E-state index in [0.29, 0.717) is 5.57 Å². The van der Waals surface area contributed by atoms with Crippen molar-refractivity contribution in [1.29, 1.82) is 0 Å². The summed E-state index contributed by atoms with van der Waals surface area (Å²) in [7, 11) is 0. The Bertz CT molecular complexity index is 1470. The molecule has 0 saturated carbocycles. The number of amides is 2. The molecule has 2 unspecified atom stereocenters. The highest BCUT2D eigenvalue weighted by molar-refractivity contribution is 8.01. The van der Waals surface area contributed by atoms with E-state index in [4.69, 9.17) is 15.7 Å². The van der Waals surface area contributed by atoms with E-state index >= 15 is 0 Å². The average Bonchev–Trinajstić information content (AvgIpc) is 3.58. The summed E-state index contributed by atoms with van der Waals surface area (Å²) in [6.45, 7) is -0.454. The first-order valence-corrected chi connectivity index (χ1v) is 15.1. The number of carboxylic acid groups (broad SMARTS) is 2. The van der Waals surface area contributed by atoms with Gasteiger partial charge in [-0.1, -0.05) is 23.0 Å². The molecule has 4 heterocycles. The minimum Gasteiger partial charge on any atom is -0.480 e. The number of thiazole rings is 1. The number of hydrogen-bond donors (Lipinski definition) is 4. The SMILES string of the molecule is Nc1nc(C(=NOC2C=CCCC2)C(=O)NC2C(=O)N3C(C(=O)O)=C(CSc4nnnn4CC(=O)O)CS[C@@H]23)cs1. The average molecular weight is 622 g/mol. The topological polar surface area (TPSA) is 228 Å². The lowest BCUT2D eigenvalue weighted by Crippen LogP contribution is -2.71. The number of anilines is 1. The number of carboxylic acids is 2. The van der Waals surface area contributed by atoms with E-state index in [1.807, 2.05) is 12.2 Å². The fraction of sp³-hybridized carbons (Fsp3) is 0.409. The Hall–Kier alpha value is -3.97. The van der Waals surface area contributed by atoms with Crippen molar-refractivity contribution in [2.45, 2.75) is 48.5 Å². The zero-order valence-corrected chi connectivity index (χ0v) is 23.5. The second kappa shape index (κ2) is 12.3. The van der Waals surface area contributed by atoms with E-state index in [-0.39, 0.29) is 45.0 Å². The number of carbonyl (C=O) groups is 4. The van der Waals surface area contributed by atoms with Crippen LogP contribution >= 0.6 is 34.9 Å². The van der Waals surface area contributed by atoms with Crippen molar-refractivity contribution < 1.29 is 34.2 Å². The predicted molar refractivity (Wildman–Crippen MR) is 147 cm³/mol. The van der Waals surface area contributed by atoms with Crippen LogP contribution in [0.3, 0.4) is 0 Å². The number of hydrogen-bond acceptors (Lipinski definition) is 14. The molecule has 216 valence electrons. The molecule has 1 fully saturated rings. The van der Waals surface area contributed by atoms with Crippen molar-refractivity contribution in [3.05, 3.63) is 34.5 Å². The summed E-state index contributed by atoms with van der Waals surface area (Å²) in [5, 5.41) is 37.8. The van der Waals surface area contributed by atoms with Gasteiger partial charge in [-0.05, 0) is 41.3 Å². The molecule has 2 aliphatic heterocycles. The van der Waals surface area contributed by atoms with E-state index < -0.39 is 41.7 Å². The summed E-state index contributed by atoms with van der Waals surface area (Å²) >= 11 is 3.46. The first-order valence-electron chi connectivity index (χ1n) is 12.2. The maximum Gasteiger partial charge on any atom is 0.352 e. The van der Waals surface area contributed by atoms with Crippen LogP contribution in [0.1, 0.15) is 25.0 Å². The highest BCUT2D eigenvalue weighted by atomic mass is 32.2. The van der Waals surface area contributed by atoms with Gasteiger partial charge in [0.05, 0.1) is 0 Å². The standard InChI is InChI=1S/C22H23N9O7S3/c23-21-24-12(9-40-21)14(27-38-11-4-2-1-3-5-11)17(34)25-15-18(35)31-16(20(36)37)10(7-39-19(15)31)8-41-22-26-28-29-30(22)6-13(32)33/h2,4,9,11,15,19H,1,3,5-8H2,(H2,23,24)(H,25,34)(H,32,33)(H,36,37)/t11?,15?,19-/m0/s1. The fourth-order valence-electron chi connectivity index (χ4n) is 4.27. The highest BCUT2D eigenvalue weighted by Crippen LogP contribution is 2.41. The van der Waals surface area contributed by atoms with Crippen molar-refractivity contribution in [1.82, 2.24) is 35.4 Å². The molecule has 2 aromatic rings. The Morgan fingerprint density at radius 1 is 1.32 bits per heavy atom. The quantitative estimate of drug-likeness (QED) is 0.0861. The number of thioether (sulfide) groups is 2. The van der Waals surface area contributed by atoms with E-state index in [1.54, 1.807) is 5.38 Å². The van der Waals surface area contributed by atoms with Crippen LogP contribution in [0.15, 0.2) is 39.1 Å². The van der Waals surface area contributed by atoms with E-state index in [9.17, 15) is 24.3 Å². The van der Waals surface area contributed by atoms with Crippen molar-refractivity contribution in [2.75, 3.05) is 17.2 Å². The number of aliphatic carboxylic acids is 2. The van der Waals surface area contributed by atoms with Crippen LogP contribution in [0, 0.1) is 0 Å². The van der Waals surface area contributed by atoms with Gasteiger partial charge in [-0.2, -0.15) is 0 Å². The molecule has 41 heavy (non-hydrogen) atoms. The van der Waals surface area contributed by atoms with Crippen LogP contribution in [-0.2, 0) is 30.6 Å². The van der Waals surface area contributed by atoms with E-state index in [1.165, 1.54) is 11.8 Å². The van der Waals surface area contributed by atoms with Gasteiger partial charge < -0.3 is 26.1 Å². The first-order chi connectivity index (χ1) is 19.7. The molecule has 3 aliphatic rings. The fourth-order valence-corrected chi connectivity index (χ4v) is 7.18. The zero-order chi connectivity index (χ0) is 29.1. The van der Waals surface area contributed by atoms with E-state index in [2.05, 4.69) is 31.0 Å². The summed E-state index contributed by atoms with van der Waals surface area (Å²) < 4.78 is 1.08. The van der Waals surface area contributed by atoms with Gasteiger partial charge in [0.2, 0.25) is 5.16 Å². The van der Waals surface area contributed by atoms with Crippen molar-refractivity contribution >= 4 is 69.5 Å². The number of nitrogens with two attached hydrogens (primary N) is 1. The number of β-lactam (4-membered cyclic amide) rings is 1. The lowest BCUT2D eigenvalue weighted by atomic mass is 10.0. The van der Waals surface area contributed by atoms with Gasteiger partial charge >= 0.3 is 11.9 Å². The number of allylic oxidation sites excluding steroid dienone is 1. The van der Waals surface area contributed by atoms with Crippen molar-refractivity contribution in [2.24, 2.45) is 5.16 Å². The largest absolute Gasteiger partial charge is 0.480 e. The Labute approximate surface area is 244 Å². The highest BCUT2D eigenvalue weighted by Gasteiger charge is 2.54. The van der Waals surface area contributed by atoms with Crippen LogP contribution < -0.4 is 11.1 Å². The summed E-state index contributed by atoms with van der Waals surface area (Å²) in [6.07, 6.45) is 6.14. The second-order valence-electron chi connectivity index (χ2n) is 8.93. The van der Waals surface area contributed by atoms with Crippen LogP contribution in [-0.4, -0.2) is 98.8 Å². The Morgan fingerprint density at radius 3 is 2.83 bits per heavy atom. The molecule has 19 heteroatoms. The molecule has 0 bridgehead atoms. The third-order valence-electron chi connectivity index (χ3n) is 6.17. The molecule has 3 atom stereocenters. The van der Waals surface area contributed by atoms with Crippen LogP contribution in [0.5, 0.6) is 0 Å². The molecule has 5 N–H and O–H groups in total.